The van der Waals surface area contributed by atoms with Crippen molar-refractivity contribution in [2.24, 2.45) is 0 Å². The van der Waals surface area contributed by atoms with Crippen molar-refractivity contribution >= 4 is 45.1 Å². The van der Waals surface area contributed by atoms with Gasteiger partial charge in [-0.2, -0.15) is 13.2 Å². The molecule has 1 saturated heterocycles. The SMILES string of the molecule is Cc1sc2nc(CSC(C)C(=O)N3CCCC3C(=O)NCC(F)(F)F)[nH]c(=O)c2c1C. The van der Waals surface area contributed by atoms with E-state index >= 15 is 0 Å². The number of thiophene rings is 1. The summed E-state index contributed by atoms with van der Waals surface area (Å²) in [6.07, 6.45) is -3.62. The fourth-order valence-corrected chi connectivity index (χ4v) is 5.36. The highest BCUT2D eigenvalue weighted by Crippen LogP contribution is 2.27. The van der Waals surface area contributed by atoms with Crippen LogP contribution in [0.3, 0.4) is 0 Å². The number of fused-ring (bicyclic) bond motifs is 1. The molecule has 2 aromatic heterocycles. The van der Waals surface area contributed by atoms with Gasteiger partial charge < -0.3 is 15.2 Å². The van der Waals surface area contributed by atoms with Crippen LogP contribution in [0.25, 0.3) is 10.2 Å². The zero-order chi connectivity index (χ0) is 22.9. The minimum absolute atomic E-state index is 0.220. The summed E-state index contributed by atoms with van der Waals surface area (Å²) in [4.78, 5) is 47.6. The van der Waals surface area contributed by atoms with Crippen molar-refractivity contribution in [1.82, 2.24) is 20.2 Å². The highest BCUT2D eigenvalue weighted by Gasteiger charge is 2.37. The van der Waals surface area contributed by atoms with Crippen molar-refractivity contribution in [3.05, 3.63) is 26.6 Å². The summed E-state index contributed by atoms with van der Waals surface area (Å²) in [5.41, 5.74) is 0.683. The Kier molecular flexibility index (Phi) is 6.99. The Labute approximate surface area is 184 Å². The number of rotatable bonds is 6. The molecule has 2 atom stereocenters. The van der Waals surface area contributed by atoms with Gasteiger partial charge in [0.2, 0.25) is 11.8 Å². The summed E-state index contributed by atoms with van der Waals surface area (Å²) in [6, 6.07) is -0.899. The smallest absolute Gasteiger partial charge is 0.345 e. The number of halogens is 3. The molecule has 2 aromatic rings. The predicted molar refractivity (Wildman–Crippen MR) is 114 cm³/mol. The van der Waals surface area contributed by atoms with Crippen molar-refractivity contribution in [2.75, 3.05) is 13.1 Å². The second-order valence-corrected chi connectivity index (χ2v) is 9.98. The summed E-state index contributed by atoms with van der Waals surface area (Å²) < 4.78 is 37.1. The lowest BCUT2D eigenvalue weighted by molar-refractivity contribution is -0.144. The number of amides is 2. The number of likely N-dealkylation sites (tertiary alicyclic amines) is 1. The van der Waals surface area contributed by atoms with Crippen LogP contribution >= 0.6 is 23.1 Å². The maximum absolute atomic E-state index is 12.8. The van der Waals surface area contributed by atoms with E-state index < -0.39 is 29.9 Å². The topological polar surface area (TPSA) is 95.2 Å². The van der Waals surface area contributed by atoms with Gasteiger partial charge in [0.1, 0.15) is 23.2 Å². The average Bonchev–Trinajstić information content (AvgIpc) is 3.28. The van der Waals surface area contributed by atoms with E-state index in [1.54, 1.807) is 6.92 Å². The lowest BCUT2D eigenvalue weighted by Crippen LogP contribution is -2.49. The van der Waals surface area contributed by atoms with E-state index in [1.807, 2.05) is 19.2 Å². The molecule has 1 aliphatic heterocycles. The summed E-state index contributed by atoms with van der Waals surface area (Å²) in [7, 11) is 0. The van der Waals surface area contributed by atoms with Crippen molar-refractivity contribution in [3.8, 4) is 0 Å². The Hall–Kier alpha value is -2.08. The number of hydrogen-bond donors (Lipinski definition) is 2. The molecule has 2 amide bonds. The van der Waals surface area contributed by atoms with Gasteiger partial charge in [0, 0.05) is 11.4 Å². The minimum Gasteiger partial charge on any atom is -0.345 e. The van der Waals surface area contributed by atoms with E-state index in [0.29, 0.717) is 35.4 Å². The largest absolute Gasteiger partial charge is 0.405 e. The summed E-state index contributed by atoms with van der Waals surface area (Å²) in [5.74, 6) is -0.377. The molecule has 31 heavy (non-hydrogen) atoms. The van der Waals surface area contributed by atoms with Crippen LogP contribution in [-0.4, -0.2) is 57.2 Å². The second kappa shape index (κ2) is 9.19. The molecule has 0 radical (unpaired) electrons. The van der Waals surface area contributed by atoms with Gasteiger partial charge in [-0.1, -0.05) is 0 Å². The van der Waals surface area contributed by atoms with E-state index in [-0.39, 0.29) is 17.2 Å². The number of alkyl halides is 3. The number of aryl methyl sites for hydroxylation is 2. The molecule has 2 unspecified atom stereocenters. The molecule has 0 aliphatic carbocycles. The first-order chi connectivity index (χ1) is 14.5. The third kappa shape index (κ3) is 5.40. The van der Waals surface area contributed by atoms with Crippen LogP contribution in [-0.2, 0) is 15.3 Å². The number of carbonyl (C=O) groups is 2. The van der Waals surface area contributed by atoms with E-state index in [9.17, 15) is 27.6 Å². The molecule has 0 spiro atoms. The Morgan fingerprint density at radius 1 is 1.39 bits per heavy atom. The fourth-order valence-electron chi connectivity index (χ4n) is 3.48. The third-order valence-corrected chi connectivity index (χ3v) is 7.45. The van der Waals surface area contributed by atoms with Gasteiger partial charge in [-0.3, -0.25) is 14.4 Å². The Morgan fingerprint density at radius 2 is 2.10 bits per heavy atom. The number of thioether (sulfide) groups is 1. The average molecular weight is 477 g/mol. The van der Waals surface area contributed by atoms with Crippen molar-refractivity contribution < 1.29 is 22.8 Å². The van der Waals surface area contributed by atoms with E-state index in [4.69, 9.17) is 0 Å². The van der Waals surface area contributed by atoms with E-state index in [2.05, 4.69) is 9.97 Å². The van der Waals surface area contributed by atoms with Gasteiger partial charge in [0.25, 0.3) is 5.56 Å². The van der Waals surface area contributed by atoms with Crippen molar-refractivity contribution in [2.45, 2.75) is 56.8 Å². The van der Waals surface area contributed by atoms with Crippen LogP contribution in [0.5, 0.6) is 0 Å². The van der Waals surface area contributed by atoms with E-state index in [1.165, 1.54) is 28.0 Å². The monoisotopic (exact) mass is 476 g/mol. The summed E-state index contributed by atoms with van der Waals surface area (Å²) in [6.45, 7) is 4.37. The molecule has 0 aromatic carbocycles. The quantitative estimate of drug-likeness (QED) is 0.669. The zero-order valence-corrected chi connectivity index (χ0v) is 18.9. The van der Waals surface area contributed by atoms with Crippen LogP contribution in [0.4, 0.5) is 13.2 Å². The van der Waals surface area contributed by atoms with Crippen LogP contribution < -0.4 is 10.9 Å². The van der Waals surface area contributed by atoms with Gasteiger partial charge in [0.05, 0.1) is 16.4 Å². The molecule has 1 fully saturated rings. The third-order valence-electron chi connectivity index (χ3n) is 5.21. The van der Waals surface area contributed by atoms with Crippen LogP contribution in [0.2, 0.25) is 0 Å². The minimum atomic E-state index is -4.50. The van der Waals surface area contributed by atoms with Crippen molar-refractivity contribution in [3.63, 3.8) is 0 Å². The van der Waals surface area contributed by atoms with Crippen LogP contribution in [0, 0.1) is 13.8 Å². The molecule has 3 rings (SSSR count). The number of hydrogen-bond acceptors (Lipinski definition) is 6. The summed E-state index contributed by atoms with van der Waals surface area (Å²) in [5, 5.41) is 1.88. The summed E-state index contributed by atoms with van der Waals surface area (Å²) >= 11 is 2.69. The molecule has 170 valence electrons. The Morgan fingerprint density at radius 3 is 2.77 bits per heavy atom. The molecule has 3 heterocycles. The highest BCUT2D eigenvalue weighted by molar-refractivity contribution is 7.99. The highest BCUT2D eigenvalue weighted by atomic mass is 32.2. The van der Waals surface area contributed by atoms with Crippen LogP contribution in [0.1, 0.15) is 36.0 Å². The molecule has 1 aliphatic rings. The lowest BCUT2D eigenvalue weighted by atomic mass is 10.2. The second-order valence-electron chi connectivity index (χ2n) is 7.45. The van der Waals surface area contributed by atoms with Gasteiger partial charge >= 0.3 is 6.18 Å². The number of carbonyl (C=O) groups excluding carboxylic acids is 2. The number of H-pyrrole nitrogens is 1. The fraction of sp³-hybridized carbons (Fsp3) is 0.579. The number of nitrogens with zero attached hydrogens (tertiary/aromatic N) is 2. The zero-order valence-electron chi connectivity index (χ0n) is 17.3. The lowest BCUT2D eigenvalue weighted by Gasteiger charge is -2.26. The van der Waals surface area contributed by atoms with Gasteiger partial charge in [-0.25, -0.2) is 4.98 Å². The maximum atomic E-state index is 12.8. The number of aromatic nitrogens is 2. The molecule has 7 nitrogen and oxygen atoms in total. The first-order valence-corrected chi connectivity index (χ1v) is 11.6. The predicted octanol–water partition coefficient (Wildman–Crippen LogP) is 2.89. The molecular formula is C19H23F3N4O3S2. The first kappa shape index (κ1) is 23.6. The first-order valence-electron chi connectivity index (χ1n) is 9.73. The molecular weight excluding hydrogens is 453 g/mol. The number of nitrogens with one attached hydrogen (secondary N) is 2. The Balaban J connectivity index is 1.63. The maximum Gasteiger partial charge on any atom is 0.405 e. The molecule has 0 bridgehead atoms. The molecule has 2 N–H and O–H groups in total. The van der Waals surface area contributed by atoms with Crippen LogP contribution in [0.15, 0.2) is 4.79 Å². The van der Waals surface area contributed by atoms with Gasteiger partial charge in [-0.05, 0) is 39.2 Å². The van der Waals surface area contributed by atoms with E-state index in [0.717, 1.165) is 10.4 Å². The molecule has 0 saturated carbocycles. The standard InChI is InChI=1S/C19H23F3N4O3S2/c1-9-10(2)31-17-14(9)16(28)24-13(25-17)7-30-11(3)18(29)26-6-4-5-12(26)15(27)23-8-19(20,21)22/h11-12H,4-8H2,1-3H3,(H,23,27)(H,24,25,28). The molecule has 12 heteroatoms. The van der Waals surface area contributed by atoms with Gasteiger partial charge in [0.15, 0.2) is 0 Å². The normalized spacial score (nSPS) is 17.9. The van der Waals surface area contributed by atoms with Crippen molar-refractivity contribution in [1.29, 1.82) is 0 Å². The number of aromatic amines is 1. The Bertz CT molecular complexity index is 1050. The van der Waals surface area contributed by atoms with Gasteiger partial charge in [-0.15, -0.1) is 23.1 Å².